The maximum absolute atomic E-state index is 14.7. The summed E-state index contributed by atoms with van der Waals surface area (Å²) < 4.78 is 59.4. The van der Waals surface area contributed by atoms with Gasteiger partial charge in [0.05, 0.1) is 23.5 Å². The molecule has 160 valence electrons. The van der Waals surface area contributed by atoms with Crippen LogP contribution in [0, 0.1) is 23.4 Å². The van der Waals surface area contributed by atoms with E-state index in [2.05, 4.69) is 9.82 Å². The normalized spacial score (nSPS) is 17.4. The zero-order chi connectivity index (χ0) is 21.7. The molecular weight excluding hydrogens is 399 g/mol. The summed E-state index contributed by atoms with van der Waals surface area (Å²) in [5.74, 6) is -2.99. The Balaban J connectivity index is 2.17. The molecule has 1 N–H and O–H groups in total. The van der Waals surface area contributed by atoms with Crippen LogP contribution in [0.3, 0.4) is 0 Å². The van der Waals surface area contributed by atoms with Gasteiger partial charge < -0.3 is 4.55 Å². The molecule has 1 saturated carbocycles. The Morgan fingerprint density at radius 3 is 2.17 bits per heavy atom. The third-order valence-corrected chi connectivity index (χ3v) is 6.50. The lowest BCUT2D eigenvalue weighted by molar-refractivity contribution is 0.358. The number of hydrogen-bond donors (Lipinski definition) is 1. The Bertz CT molecular complexity index is 898. The first-order valence-electron chi connectivity index (χ1n) is 9.72. The van der Waals surface area contributed by atoms with Crippen LogP contribution >= 0.6 is 0 Å². The Kier molecular flexibility index (Phi) is 5.84. The summed E-state index contributed by atoms with van der Waals surface area (Å²) in [4.78, 5) is 0. The SMILES string of the molecule is CC(C)(C)n1ncc([C@H](N[S+]([O-])C(C)(C)C)C2CC2)c1-c1cc(F)c(F)cc1F. The Morgan fingerprint density at radius 2 is 1.66 bits per heavy atom. The Hall–Kier alpha value is -1.51. The molecule has 2 atom stereocenters. The van der Waals surface area contributed by atoms with Gasteiger partial charge in [-0.1, -0.05) is 0 Å². The smallest absolute Gasteiger partial charge is 0.161 e. The predicted molar refractivity (Wildman–Crippen MR) is 109 cm³/mol. The van der Waals surface area contributed by atoms with Crippen LogP contribution < -0.4 is 4.72 Å². The number of nitrogens with zero attached hydrogens (tertiary/aromatic N) is 2. The highest BCUT2D eigenvalue weighted by atomic mass is 32.2. The molecule has 4 nitrogen and oxygen atoms in total. The highest BCUT2D eigenvalue weighted by Gasteiger charge is 2.41. The highest BCUT2D eigenvalue weighted by Crippen LogP contribution is 2.46. The minimum Gasteiger partial charge on any atom is -0.598 e. The van der Waals surface area contributed by atoms with Crippen LogP contribution in [0.25, 0.3) is 11.3 Å². The van der Waals surface area contributed by atoms with Gasteiger partial charge in [0.2, 0.25) is 0 Å². The second-order valence-electron chi connectivity index (χ2n) is 9.59. The number of hydrogen-bond acceptors (Lipinski definition) is 3. The van der Waals surface area contributed by atoms with Gasteiger partial charge >= 0.3 is 0 Å². The van der Waals surface area contributed by atoms with E-state index in [1.54, 1.807) is 10.9 Å². The topological polar surface area (TPSA) is 52.9 Å². The fourth-order valence-corrected chi connectivity index (χ4v) is 4.11. The monoisotopic (exact) mass is 427 g/mol. The second kappa shape index (κ2) is 7.63. The molecule has 1 unspecified atom stereocenters. The maximum Gasteiger partial charge on any atom is 0.161 e. The van der Waals surface area contributed by atoms with Crippen molar-refractivity contribution < 1.29 is 17.7 Å². The second-order valence-corrected chi connectivity index (χ2v) is 11.6. The molecule has 1 aliphatic rings. The van der Waals surface area contributed by atoms with Crippen LogP contribution in [-0.2, 0) is 16.9 Å². The lowest BCUT2D eigenvalue weighted by atomic mass is 9.97. The van der Waals surface area contributed by atoms with Crippen molar-refractivity contribution in [2.24, 2.45) is 5.92 Å². The van der Waals surface area contributed by atoms with E-state index in [1.165, 1.54) is 0 Å². The summed E-state index contributed by atoms with van der Waals surface area (Å²) in [5.41, 5.74) is 0.441. The summed E-state index contributed by atoms with van der Waals surface area (Å²) >= 11 is -1.35. The van der Waals surface area contributed by atoms with Gasteiger partial charge in [-0.25, -0.2) is 13.2 Å². The summed E-state index contributed by atoms with van der Waals surface area (Å²) in [6.45, 7) is 11.3. The van der Waals surface area contributed by atoms with E-state index in [0.717, 1.165) is 18.9 Å². The molecule has 1 aromatic carbocycles. The predicted octanol–water partition coefficient (Wildman–Crippen LogP) is 5.23. The molecule has 8 heteroatoms. The molecule has 29 heavy (non-hydrogen) atoms. The largest absolute Gasteiger partial charge is 0.598 e. The third-order valence-electron chi connectivity index (χ3n) is 4.92. The minimum absolute atomic E-state index is 0.0553. The molecular formula is C21H28F3N3OS. The van der Waals surface area contributed by atoms with Gasteiger partial charge in [0.1, 0.15) is 10.6 Å². The average Bonchev–Trinajstić information content (AvgIpc) is 3.32. The van der Waals surface area contributed by atoms with Gasteiger partial charge in [-0.05, 0) is 66.4 Å². The highest BCUT2D eigenvalue weighted by molar-refractivity contribution is 7.90. The summed E-state index contributed by atoms with van der Waals surface area (Å²) in [7, 11) is 0. The molecule has 0 spiro atoms. The van der Waals surface area contributed by atoms with Crippen LogP contribution in [-0.4, -0.2) is 19.1 Å². The van der Waals surface area contributed by atoms with Crippen LogP contribution in [0.1, 0.15) is 66.0 Å². The van der Waals surface area contributed by atoms with Gasteiger partial charge in [0, 0.05) is 28.6 Å². The molecule has 0 radical (unpaired) electrons. The van der Waals surface area contributed by atoms with Gasteiger partial charge in [-0.2, -0.15) is 5.10 Å². The van der Waals surface area contributed by atoms with Crippen molar-refractivity contribution in [2.75, 3.05) is 0 Å². The molecule has 1 aromatic heterocycles. The van der Waals surface area contributed by atoms with E-state index in [9.17, 15) is 17.7 Å². The van der Waals surface area contributed by atoms with Crippen LogP contribution in [0.4, 0.5) is 13.2 Å². The Morgan fingerprint density at radius 1 is 1.07 bits per heavy atom. The number of aromatic nitrogens is 2. The van der Waals surface area contributed by atoms with Crippen molar-refractivity contribution in [3.05, 3.63) is 41.3 Å². The van der Waals surface area contributed by atoms with E-state index in [4.69, 9.17) is 0 Å². The van der Waals surface area contributed by atoms with Gasteiger partial charge in [0.25, 0.3) is 0 Å². The van der Waals surface area contributed by atoms with Crippen molar-refractivity contribution >= 4 is 11.4 Å². The average molecular weight is 428 g/mol. The summed E-state index contributed by atoms with van der Waals surface area (Å²) in [6, 6.07) is 1.10. The first-order valence-corrected chi connectivity index (χ1v) is 10.9. The first kappa shape index (κ1) is 22.2. The van der Waals surface area contributed by atoms with Crippen molar-refractivity contribution in [3.63, 3.8) is 0 Å². The number of halogens is 3. The first-order chi connectivity index (χ1) is 13.3. The van der Waals surface area contributed by atoms with Crippen LogP contribution in [0.15, 0.2) is 18.3 Å². The lowest BCUT2D eigenvalue weighted by Gasteiger charge is -2.29. The number of benzene rings is 1. The van der Waals surface area contributed by atoms with E-state index in [-0.39, 0.29) is 17.5 Å². The van der Waals surface area contributed by atoms with E-state index >= 15 is 0 Å². The van der Waals surface area contributed by atoms with Crippen molar-refractivity contribution in [2.45, 2.75) is 70.7 Å². The zero-order valence-corrected chi connectivity index (χ0v) is 18.5. The van der Waals surface area contributed by atoms with Crippen molar-refractivity contribution in [1.82, 2.24) is 14.5 Å². The molecule has 0 aliphatic heterocycles. The molecule has 0 saturated heterocycles. The maximum atomic E-state index is 14.7. The molecule has 1 fully saturated rings. The van der Waals surface area contributed by atoms with Crippen LogP contribution in [0.5, 0.6) is 0 Å². The van der Waals surface area contributed by atoms with Crippen LogP contribution in [0.2, 0.25) is 0 Å². The quantitative estimate of drug-likeness (QED) is 0.525. The summed E-state index contributed by atoms with van der Waals surface area (Å²) in [5, 5.41) is 4.45. The van der Waals surface area contributed by atoms with Gasteiger partial charge in [-0.3, -0.25) is 4.68 Å². The molecule has 1 aliphatic carbocycles. The van der Waals surface area contributed by atoms with E-state index in [1.807, 2.05) is 41.5 Å². The summed E-state index contributed by atoms with van der Waals surface area (Å²) in [6.07, 6.45) is 3.51. The minimum atomic E-state index is -1.35. The van der Waals surface area contributed by atoms with E-state index in [0.29, 0.717) is 17.3 Å². The fourth-order valence-electron chi connectivity index (χ4n) is 3.21. The lowest BCUT2D eigenvalue weighted by Crippen LogP contribution is -2.42. The van der Waals surface area contributed by atoms with Crippen molar-refractivity contribution in [1.29, 1.82) is 0 Å². The molecule has 0 amide bonds. The van der Waals surface area contributed by atoms with Crippen molar-refractivity contribution in [3.8, 4) is 11.3 Å². The number of nitrogens with one attached hydrogen (secondary N) is 1. The van der Waals surface area contributed by atoms with E-state index < -0.39 is 39.1 Å². The molecule has 0 bridgehead atoms. The molecule has 1 heterocycles. The molecule has 2 aromatic rings. The zero-order valence-electron chi connectivity index (χ0n) is 17.6. The van der Waals surface area contributed by atoms with Gasteiger partial charge in [0.15, 0.2) is 11.6 Å². The Labute approximate surface area is 173 Å². The number of rotatable bonds is 5. The molecule has 3 rings (SSSR count). The fraction of sp³-hybridized carbons (Fsp3) is 0.571. The van der Waals surface area contributed by atoms with Gasteiger partial charge in [-0.15, -0.1) is 4.72 Å². The third kappa shape index (κ3) is 4.64. The standard InChI is InChI=1S/C21H28F3N3OS/c1-20(2,3)27-19(13-9-16(23)17(24)10-15(13)22)14(11-25-27)18(12-7-8-12)26-29(28)21(4,5)6/h9-12,18,26H,7-8H2,1-6H3/t18-,29?/m1/s1.